The maximum absolute atomic E-state index is 6.56. The molecule has 1 heterocycles. The van der Waals surface area contributed by atoms with Crippen LogP contribution in [-0.4, -0.2) is 0 Å². The second kappa shape index (κ2) is 14.2. The van der Waals surface area contributed by atoms with Crippen molar-refractivity contribution in [3.8, 4) is 22.3 Å². The van der Waals surface area contributed by atoms with Crippen LogP contribution in [0.4, 0.5) is 17.1 Å². The van der Waals surface area contributed by atoms with E-state index in [-0.39, 0.29) is 5.41 Å². The molecule has 1 aliphatic rings. The number of rotatable bonds is 6. The van der Waals surface area contributed by atoms with Crippen LogP contribution in [-0.2, 0) is 10.8 Å². The van der Waals surface area contributed by atoms with Gasteiger partial charge in [-0.05, 0) is 102 Å². The van der Waals surface area contributed by atoms with Crippen LogP contribution < -0.4 is 4.90 Å². The van der Waals surface area contributed by atoms with E-state index in [0.717, 1.165) is 50.1 Å². The molecular formula is C61H45NO. The first kappa shape index (κ1) is 37.1. The smallest absolute Gasteiger partial charge is 0.136 e. The van der Waals surface area contributed by atoms with Crippen LogP contribution in [0.25, 0.3) is 65.7 Å². The van der Waals surface area contributed by atoms with E-state index in [1.54, 1.807) is 0 Å². The predicted octanol–water partition coefficient (Wildman–Crippen LogP) is 16.7. The second-order valence-electron chi connectivity index (χ2n) is 18.0. The molecule has 10 aromatic carbocycles. The summed E-state index contributed by atoms with van der Waals surface area (Å²) in [5.74, 6) is 0. The maximum Gasteiger partial charge on any atom is 0.136 e. The van der Waals surface area contributed by atoms with Gasteiger partial charge in [-0.1, -0.05) is 203 Å². The Labute approximate surface area is 368 Å². The van der Waals surface area contributed by atoms with Gasteiger partial charge in [0.2, 0.25) is 0 Å². The monoisotopic (exact) mass is 807 g/mol. The molecule has 11 aromatic rings. The second-order valence-corrected chi connectivity index (χ2v) is 18.0. The van der Waals surface area contributed by atoms with Gasteiger partial charge in [0, 0.05) is 27.4 Å². The van der Waals surface area contributed by atoms with Gasteiger partial charge in [0.1, 0.15) is 11.2 Å². The lowest BCUT2D eigenvalue weighted by molar-refractivity contribution is 0.596. The van der Waals surface area contributed by atoms with Gasteiger partial charge >= 0.3 is 0 Å². The number of hydrogen-bond donors (Lipinski definition) is 0. The highest BCUT2D eigenvalue weighted by Gasteiger charge is 2.46. The van der Waals surface area contributed by atoms with Crippen LogP contribution in [0.5, 0.6) is 0 Å². The summed E-state index contributed by atoms with van der Waals surface area (Å²) in [4.78, 5) is 2.53. The van der Waals surface area contributed by atoms with Crippen molar-refractivity contribution < 1.29 is 4.42 Å². The highest BCUT2D eigenvalue weighted by molar-refractivity contribution is 6.18. The summed E-state index contributed by atoms with van der Waals surface area (Å²) in [5.41, 5.74) is 15.8. The van der Waals surface area contributed by atoms with E-state index in [2.05, 4.69) is 244 Å². The lowest BCUT2D eigenvalue weighted by Gasteiger charge is -2.34. The predicted molar refractivity (Wildman–Crippen MR) is 265 cm³/mol. The third kappa shape index (κ3) is 5.57. The van der Waals surface area contributed by atoms with Gasteiger partial charge in [-0.15, -0.1) is 0 Å². The third-order valence-electron chi connectivity index (χ3n) is 13.5. The summed E-state index contributed by atoms with van der Waals surface area (Å²) in [5, 5.41) is 7.08. The molecular weight excluding hydrogens is 763 g/mol. The molecule has 2 nitrogen and oxygen atoms in total. The summed E-state index contributed by atoms with van der Waals surface area (Å²) >= 11 is 0. The molecule has 0 atom stereocenters. The molecule has 0 saturated carbocycles. The van der Waals surface area contributed by atoms with Crippen molar-refractivity contribution in [3.05, 3.63) is 246 Å². The van der Waals surface area contributed by atoms with Crippen LogP contribution in [0.2, 0.25) is 0 Å². The average molecular weight is 808 g/mol. The molecule has 0 spiro atoms. The summed E-state index contributed by atoms with van der Waals surface area (Å²) in [6.07, 6.45) is 0. The van der Waals surface area contributed by atoms with Crippen molar-refractivity contribution in [2.75, 3.05) is 4.90 Å². The molecule has 0 unspecified atom stereocenters. The van der Waals surface area contributed by atoms with Crippen LogP contribution in [0.3, 0.4) is 0 Å². The SMILES string of the molecule is CC(C)(C)c1ccc(N(c2ccc3c(c2)-c2ccccc2C3(c2ccccc2)c2ccccc2)c2ccc3ccccc3c2-c2cccc3oc4ccccc4c23)c2ccccc12. The Morgan fingerprint density at radius 3 is 1.76 bits per heavy atom. The van der Waals surface area contributed by atoms with Gasteiger partial charge in [-0.25, -0.2) is 0 Å². The lowest BCUT2D eigenvalue weighted by Crippen LogP contribution is -2.28. The van der Waals surface area contributed by atoms with E-state index < -0.39 is 5.41 Å². The molecule has 0 fully saturated rings. The Morgan fingerprint density at radius 1 is 0.413 bits per heavy atom. The van der Waals surface area contributed by atoms with E-state index in [0.29, 0.717) is 0 Å². The van der Waals surface area contributed by atoms with Gasteiger partial charge in [-0.3, -0.25) is 0 Å². The number of hydrogen-bond acceptors (Lipinski definition) is 2. The standard InChI is InChI=1S/C61H45NO/c1-60(2,3)51-36-38-54(47-27-13-12-25-45(47)51)62(55-37-33-40-19-10-11-24-44(40)58(55)49-29-18-32-57-59(49)48-28-15-17-31-56(48)63-57)43-34-35-53-50(39-43)46-26-14-16-30-52(46)61(53,41-20-6-4-7-21-41)42-22-8-5-9-23-42/h4-39H,1-3H3. The molecule has 0 radical (unpaired) electrons. The Balaban J connectivity index is 1.20. The van der Waals surface area contributed by atoms with Crippen molar-refractivity contribution in [1.82, 2.24) is 0 Å². The number of nitrogens with zero attached hydrogens (tertiary/aromatic N) is 1. The first-order chi connectivity index (χ1) is 30.9. The van der Waals surface area contributed by atoms with Gasteiger partial charge in [-0.2, -0.15) is 0 Å². The minimum Gasteiger partial charge on any atom is -0.456 e. The van der Waals surface area contributed by atoms with E-state index in [9.17, 15) is 0 Å². The van der Waals surface area contributed by atoms with E-state index in [1.165, 1.54) is 60.5 Å². The number of furan rings is 1. The van der Waals surface area contributed by atoms with Crippen molar-refractivity contribution in [3.63, 3.8) is 0 Å². The summed E-state index contributed by atoms with van der Waals surface area (Å²) in [6, 6.07) is 80.5. The fourth-order valence-corrected chi connectivity index (χ4v) is 10.8. The van der Waals surface area contributed by atoms with Crippen LogP contribution >= 0.6 is 0 Å². The van der Waals surface area contributed by atoms with Crippen molar-refractivity contribution in [2.24, 2.45) is 0 Å². The van der Waals surface area contributed by atoms with Crippen molar-refractivity contribution >= 4 is 60.5 Å². The van der Waals surface area contributed by atoms with E-state index in [1.807, 2.05) is 0 Å². The fourth-order valence-electron chi connectivity index (χ4n) is 10.8. The molecule has 1 aromatic heterocycles. The van der Waals surface area contributed by atoms with Crippen LogP contribution in [0.1, 0.15) is 48.6 Å². The molecule has 63 heavy (non-hydrogen) atoms. The first-order valence-corrected chi connectivity index (χ1v) is 22.0. The van der Waals surface area contributed by atoms with Crippen molar-refractivity contribution in [1.29, 1.82) is 0 Å². The summed E-state index contributed by atoms with van der Waals surface area (Å²) < 4.78 is 6.56. The van der Waals surface area contributed by atoms with Crippen LogP contribution in [0, 0.1) is 0 Å². The lowest BCUT2D eigenvalue weighted by atomic mass is 9.68. The molecule has 0 amide bonds. The number of para-hydroxylation sites is 1. The zero-order valence-corrected chi connectivity index (χ0v) is 35.6. The molecule has 0 aliphatic heterocycles. The van der Waals surface area contributed by atoms with Gasteiger partial charge in [0.25, 0.3) is 0 Å². The molecule has 300 valence electrons. The Hall–Kier alpha value is -7.68. The largest absolute Gasteiger partial charge is 0.456 e. The topological polar surface area (TPSA) is 16.4 Å². The molecule has 0 saturated heterocycles. The first-order valence-electron chi connectivity index (χ1n) is 22.0. The maximum atomic E-state index is 6.56. The Kier molecular flexibility index (Phi) is 8.36. The molecule has 0 N–H and O–H groups in total. The molecule has 1 aliphatic carbocycles. The number of anilines is 3. The Bertz CT molecular complexity index is 3510. The number of fused-ring (bicyclic) bond motifs is 8. The summed E-state index contributed by atoms with van der Waals surface area (Å²) in [7, 11) is 0. The number of benzene rings is 10. The zero-order valence-electron chi connectivity index (χ0n) is 35.6. The average Bonchev–Trinajstić information content (AvgIpc) is 3.86. The van der Waals surface area contributed by atoms with Gasteiger partial charge < -0.3 is 9.32 Å². The Morgan fingerprint density at radius 2 is 1.00 bits per heavy atom. The molecule has 0 bridgehead atoms. The molecule has 12 rings (SSSR count). The summed E-state index contributed by atoms with van der Waals surface area (Å²) in [6.45, 7) is 6.94. The third-order valence-corrected chi connectivity index (χ3v) is 13.5. The molecule has 2 heteroatoms. The minimum atomic E-state index is -0.495. The zero-order chi connectivity index (χ0) is 42.3. The highest BCUT2D eigenvalue weighted by atomic mass is 16.3. The van der Waals surface area contributed by atoms with E-state index >= 15 is 0 Å². The van der Waals surface area contributed by atoms with Crippen molar-refractivity contribution in [2.45, 2.75) is 31.6 Å². The van der Waals surface area contributed by atoms with E-state index in [4.69, 9.17) is 4.42 Å². The quantitative estimate of drug-likeness (QED) is 0.166. The highest BCUT2D eigenvalue weighted by Crippen LogP contribution is 2.58. The fraction of sp³-hybridized carbons (Fsp3) is 0.0820. The van der Waals surface area contributed by atoms with Crippen LogP contribution in [0.15, 0.2) is 223 Å². The van der Waals surface area contributed by atoms with Gasteiger partial charge in [0.15, 0.2) is 0 Å². The van der Waals surface area contributed by atoms with Gasteiger partial charge in [0.05, 0.1) is 16.8 Å². The normalized spacial score (nSPS) is 13.1. The minimum absolute atomic E-state index is 0.0510.